The minimum Gasteiger partial charge on any atom is -0.370 e. The minimum absolute atomic E-state index is 0.299. The summed E-state index contributed by atoms with van der Waals surface area (Å²) in [6, 6.07) is 4.08. The fourth-order valence-electron chi connectivity index (χ4n) is 1.24. The molecule has 0 atom stereocenters. The maximum absolute atomic E-state index is 10.6. The Bertz CT molecular complexity index is 480. The van der Waals surface area contributed by atoms with E-state index in [1.54, 1.807) is 11.3 Å². The van der Waals surface area contributed by atoms with E-state index in [9.17, 15) is 4.79 Å². The molecule has 0 unspecified atom stereocenters. The Morgan fingerprint density at radius 2 is 2.47 bits per heavy atom. The number of thioether (sulfide) groups is 1. The van der Waals surface area contributed by atoms with Gasteiger partial charge in [0.2, 0.25) is 11.1 Å². The van der Waals surface area contributed by atoms with Crippen LogP contribution in [0.2, 0.25) is 0 Å². The lowest BCUT2D eigenvalue weighted by molar-refractivity contribution is -0.117. The number of aromatic nitrogens is 3. The van der Waals surface area contributed by atoms with E-state index < -0.39 is 0 Å². The van der Waals surface area contributed by atoms with E-state index in [1.807, 2.05) is 11.4 Å². The third kappa shape index (κ3) is 3.86. The number of thiophene rings is 1. The van der Waals surface area contributed by atoms with Crippen molar-refractivity contribution in [2.75, 3.05) is 5.75 Å². The van der Waals surface area contributed by atoms with Gasteiger partial charge in [-0.05, 0) is 11.4 Å². The van der Waals surface area contributed by atoms with Crippen LogP contribution in [-0.2, 0) is 11.2 Å². The van der Waals surface area contributed by atoms with Crippen LogP contribution >= 0.6 is 23.1 Å². The number of aromatic amines is 1. The highest BCUT2D eigenvalue weighted by molar-refractivity contribution is 7.99. The lowest BCUT2D eigenvalue weighted by Gasteiger charge is -1.92. The van der Waals surface area contributed by atoms with Crippen molar-refractivity contribution in [2.24, 2.45) is 5.73 Å². The van der Waals surface area contributed by atoms with Gasteiger partial charge < -0.3 is 5.73 Å². The fourth-order valence-corrected chi connectivity index (χ4v) is 2.72. The molecule has 90 valence electrons. The molecular weight excluding hydrogens is 256 g/mol. The van der Waals surface area contributed by atoms with Crippen LogP contribution in [0.5, 0.6) is 0 Å². The van der Waals surface area contributed by atoms with E-state index in [0.29, 0.717) is 17.3 Å². The Kier molecular flexibility index (Phi) is 4.16. The smallest absolute Gasteiger partial charge is 0.218 e. The monoisotopic (exact) mass is 268 g/mol. The molecule has 0 aliphatic heterocycles. The van der Waals surface area contributed by atoms with Gasteiger partial charge in [-0.1, -0.05) is 17.8 Å². The molecule has 0 bridgehead atoms. The molecule has 2 heterocycles. The molecule has 7 heteroatoms. The van der Waals surface area contributed by atoms with Gasteiger partial charge in [0.25, 0.3) is 0 Å². The van der Waals surface area contributed by atoms with E-state index in [1.165, 1.54) is 16.6 Å². The molecule has 0 radical (unpaired) electrons. The molecule has 0 saturated heterocycles. The van der Waals surface area contributed by atoms with Crippen molar-refractivity contribution in [2.45, 2.75) is 18.0 Å². The summed E-state index contributed by atoms with van der Waals surface area (Å²) >= 11 is 3.12. The molecule has 0 spiro atoms. The summed E-state index contributed by atoms with van der Waals surface area (Å²) in [5.41, 5.74) is 5.05. The lowest BCUT2D eigenvalue weighted by Crippen LogP contribution is -2.10. The molecule has 0 aliphatic carbocycles. The predicted octanol–water partition coefficient (Wildman–Crippen LogP) is 1.42. The summed E-state index contributed by atoms with van der Waals surface area (Å²) in [4.78, 5) is 16.1. The Hall–Kier alpha value is -1.34. The first-order valence-corrected chi connectivity index (χ1v) is 6.95. The van der Waals surface area contributed by atoms with Gasteiger partial charge in [0, 0.05) is 23.5 Å². The van der Waals surface area contributed by atoms with Gasteiger partial charge in [0.1, 0.15) is 5.82 Å². The SMILES string of the molecule is NC(=O)CCSc1n[nH]c(Cc2cccs2)n1. The number of rotatable bonds is 6. The second-order valence-electron chi connectivity index (χ2n) is 3.39. The van der Waals surface area contributed by atoms with E-state index in [-0.39, 0.29) is 5.91 Å². The highest BCUT2D eigenvalue weighted by Gasteiger charge is 2.05. The van der Waals surface area contributed by atoms with Crippen LogP contribution in [0.1, 0.15) is 17.1 Å². The zero-order chi connectivity index (χ0) is 12.1. The number of H-pyrrole nitrogens is 1. The van der Waals surface area contributed by atoms with Crippen molar-refractivity contribution < 1.29 is 4.79 Å². The topological polar surface area (TPSA) is 84.7 Å². The molecule has 1 amide bonds. The van der Waals surface area contributed by atoms with Crippen molar-refractivity contribution >= 4 is 29.0 Å². The molecule has 0 aromatic carbocycles. The van der Waals surface area contributed by atoms with Crippen molar-refractivity contribution in [1.82, 2.24) is 15.2 Å². The Labute approximate surface area is 107 Å². The molecule has 2 aromatic heterocycles. The van der Waals surface area contributed by atoms with Crippen LogP contribution in [0.4, 0.5) is 0 Å². The molecule has 0 fully saturated rings. The molecular formula is C10H12N4OS2. The minimum atomic E-state index is -0.299. The largest absolute Gasteiger partial charge is 0.370 e. The molecule has 5 nitrogen and oxygen atoms in total. The number of amides is 1. The van der Waals surface area contributed by atoms with Crippen LogP contribution in [-0.4, -0.2) is 26.8 Å². The summed E-state index contributed by atoms with van der Waals surface area (Å²) in [6.07, 6.45) is 1.11. The fraction of sp³-hybridized carbons (Fsp3) is 0.300. The van der Waals surface area contributed by atoms with Crippen LogP contribution in [0.3, 0.4) is 0 Å². The number of primary amides is 1. The molecule has 2 aromatic rings. The summed E-state index contributed by atoms with van der Waals surface area (Å²) in [5.74, 6) is 1.16. The number of hydrogen-bond acceptors (Lipinski definition) is 5. The van der Waals surface area contributed by atoms with E-state index in [0.717, 1.165) is 12.2 Å². The summed E-state index contributed by atoms with van der Waals surface area (Å²) in [5, 5.41) is 9.66. The first-order chi connectivity index (χ1) is 8.24. The second-order valence-corrected chi connectivity index (χ2v) is 5.48. The number of nitrogens with one attached hydrogen (secondary N) is 1. The number of nitrogens with two attached hydrogens (primary N) is 1. The highest BCUT2D eigenvalue weighted by atomic mass is 32.2. The zero-order valence-electron chi connectivity index (χ0n) is 9.05. The van der Waals surface area contributed by atoms with E-state index in [2.05, 4.69) is 21.2 Å². The van der Waals surface area contributed by atoms with Gasteiger partial charge >= 0.3 is 0 Å². The van der Waals surface area contributed by atoms with E-state index in [4.69, 9.17) is 5.73 Å². The number of carbonyl (C=O) groups is 1. The second kappa shape index (κ2) is 5.83. The van der Waals surface area contributed by atoms with Crippen molar-refractivity contribution in [3.63, 3.8) is 0 Å². The zero-order valence-corrected chi connectivity index (χ0v) is 10.7. The predicted molar refractivity (Wildman–Crippen MR) is 68.0 cm³/mol. The van der Waals surface area contributed by atoms with Crippen LogP contribution in [0.25, 0.3) is 0 Å². The van der Waals surface area contributed by atoms with Gasteiger partial charge in [0.15, 0.2) is 0 Å². The Morgan fingerprint density at radius 3 is 3.18 bits per heavy atom. The van der Waals surface area contributed by atoms with Crippen LogP contribution in [0.15, 0.2) is 22.7 Å². The van der Waals surface area contributed by atoms with Crippen molar-refractivity contribution in [3.05, 3.63) is 28.2 Å². The van der Waals surface area contributed by atoms with Crippen molar-refractivity contribution in [3.8, 4) is 0 Å². The van der Waals surface area contributed by atoms with Crippen LogP contribution < -0.4 is 5.73 Å². The first-order valence-electron chi connectivity index (χ1n) is 5.09. The van der Waals surface area contributed by atoms with Gasteiger partial charge in [-0.2, -0.15) is 0 Å². The average Bonchev–Trinajstić information content (AvgIpc) is 2.90. The maximum Gasteiger partial charge on any atom is 0.218 e. The lowest BCUT2D eigenvalue weighted by atomic mass is 10.3. The third-order valence-corrected chi connectivity index (χ3v) is 3.74. The first kappa shape index (κ1) is 12.1. The highest BCUT2D eigenvalue weighted by Crippen LogP contribution is 2.16. The summed E-state index contributed by atoms with van der Waals surface area (Å²) < 4.78 is 0. The van der Waals surface area contributed by atoms with Gasteiger partial charge in [-0.3, -0.25) is 9.89 Å². The number of hydrogen-bond donors (Lipinski definition) is 2. The van der Waals surface area contributed by atoms with Gasteiger partial charge in [-0.25, -0.2) is 4.98 Å². The quantitative estimate of drug-likeness (QED) is 0.776. The van der Waals surface area contributed by atoms with Gasteiger partial charge in [-0.15, -0.1) is 16.4 Å². The third-order valence-electron chi connectivity index (χ3n) is 2.01. The summed E-state index contributed by atoms with van der Waals surface area (Å²) in [7, 11) is 0. The van der Waals surface area contributed by atoms with Crippen LogP contribution in [0, 0.1) is 0 Å². The molecule has 0 aliphatic rings. The molecule has 0 saturated carbocycles. The Morgan fingerprint density at radius 1 is 1.59 bits per heavy atom. The molecule has 2 rings (SSSR count). The molecule has 17 heavy (non-hydrogen) atoms. The maximum atomic E-state index is 10.6. The van der Waals surface area contributed by atoms with Crippen molar-refractivity contribution in [1.29, 1.82) is 0 Å². The number of carbonyl (C=O) groups excluding carboxylic acids is 1. The van der Waals surface area contributed by atoms with Gasteiger partial charge in [0.05, 0.1) is 0 Å². The molecule has 3 N–H and O–H groups in total. The Balaban J connectivity index is 1.85. The summed E-state index contributed by atoms with van der Waals surface area (Å²) in [6.45, 7) is 0. The standard InChI is InChI=1S/C10H12N4OS2/c11-8(15)3-5-17-10-12-9(13-14-10)6-7-2-1-4-16-7/h1-2,4H,3,5-6H2,(H2,11,15)(H,12,13,14). The normalized spacial score (nSPS) is 10.6. The average molecular weight is 268 g/mol. The number of nitrogens with zero attached hydrogens (tertiary/aromatic N) is 2. The van der Waals surface area contributed by atoms with E-state index >= 15 is 0 Å².